The first-order valence-corrected chi connectivity index (χ1v) is 9.07. The highest BCUT2D eigenvalue weighted by atomic mass is 19.1. The summed E-state index contributed by atoms with van der Waals surface area (Å²) in [6, 6.07) is 20.3. The Bertz CT molecular complexity index is 1260. The summed E-state index contributed by atoms with van der Waals surface area (Å²) < 4.78 is 13.3. The van der Waals surface area contributed by atoms with E-state index < -0.39 is 11.8 Å². The standard InChI is InChI=1S/C23H16FN3O3/c24-16-10-8-14(9-11-16)21-13-19(18-6-1-2-7-20(18)25-21)23(30)27-26-22(29)15-4-3-5-17(28)12-15/h1-13,28H,(H,26,29)(H,27,30). The molecular formula is C23H16FN3O3. The van der Waals surface area contributed by atoms with Gasteiger partial charge in [0, 0.05) is 16.5 Å². The van der Waals surface area contributed by atoms with E-state index in [1.54, 1.807) is 42.5 Å². The number of carbonyl (C=O) groups is 2. The van der Waals surface area contributed by atoms with Crippen molar-refractivity contribution in [1.29, 1.82) is 0 Å². The lowest BCUT2D eigenvalue weighted by atomic mass is 10.0. The number of halogens is 1. The van der Waals surface area contributed by atoms with E-state index in [1.165, 1.54) is 36.4 Å². The molecule has 0 bridgehead atoms. The number of amides is 2. The molecule has 1 heterocycles. The zero-order chi connectivity index (χ0) is 21.1. The van der Waals surface area contributed by atoms with Crippen LogP contribution in [0.4, 0.5) is 4.39 Å². The Kier molecular flexibility index (Phi) is 5.09. The average molecular weight is 401 g/mol. The highest BCUT2D eigenvalue weighted by Gasteiger charge is 2.15. The summed E-state index contributed by atoms with van der Waals surface area (Å²) in [4.78, 5) is 29.6. The van der Waals surface area contributed by atoms with Gasteiger partial charge >= 0.3 is 0 Å². The number of aromatic nitrogens is 1. The van der Waals surface area contributed by atoms with Gasteiger partial charge in [-0.3, -0.25) is 20.4 Å². The second-order valence-corrected chi connectivity index (χ2v) is 6.54. The number of aromatic hydroxyl groups is 1. The number of benzene rings is 3. The van der Waals surface area contributed by atoms with Crippen molar-refractivity contribution in [3.05, 3.63) is 95.8 Å². The number of hydrogen-bond acceptors (Lipinski definition) is 4. The quantitative estimate of drug-likeness (QED) is 0.455. The van der Waals surface area contributed by atoms with Gasteiger partial charge in [-0.2, -0.15) is 0 Å². The van der Waals surface area contributed by atoms with Crippen molar-refractivity contribution in [3.8, 4) is 17.0 Å². The summed E-state index contributed by atoms with van der Waals surface area (Å²) in [5, 5.41) is 10.1. The number of para-hydroxylation sites is 1. The first-order chi connectivity index (χ1) is 14.5. The fraction of sp³-hybridized carbons (Fsp3) is 0. The van der Waals surface area contributed by atoms with Crippen molar-refractivity contribution in [2.45, 2.75) is 0 Å². The van der Waals surface area contributed by atoms with Gasteiger partial charge in [0.2, 0.25) is 0 Å². The molecule has 0 saturated heterocycles. The maximum atomic E-state index is 13.3. The van der Waals surface area contributed by atoms with E-state index in [0.717, 1.165) is 0 Å². The van der Waals surface area contributed by atoms with Gasteiger partial charge in [-0.05, 0) is 54.6 Å². The summed E-state index contributed by atoms with van der Waals surface area (Å²) >= 11 is 0. The van der Waals surface area contributed by atoms with Gasteiger partial charge in [0.05, 0.1) is 16.8 Å². The zero-order valence-corrected chi connectivity index (χ0v) is 15.6. The topological polar surface area (TPSA) is 91.3 Å². The number of nitrogens with one attached hydrogen (secondary N) is 2. The third-order valence-corrected chi connectivity index (χ3v) is 4.50. The SMILES string of the molecule is O=C(NNC(=O)c1cc(-c2ccc(F)cc2)nc2ccccc12)c1cccc(O)c1. The summed E-state index contributed by atoms with van der Waals surface area (Å²) in [6.45, 7) is 0. The first-order valence-electron chi connectivity index (χ1n) is 9.07. The van der Waals surface area contributed by atoms with Gasteiger partial charge in [-0.25, -0.2) is 9.37 Å². The normalized spacial score (nSPS) is 10.6. The molecule has 0 radical (unpaired) electrons. The number of phenols is 1. The maximum absolute atomic E-state index is 13.3. The van der Waals surface area contributed by atoms with Gasteiger partial charge in [-0.1, -0.05) is 24.3 Å². The minimum absolute atomic E-state index is 0.0574. The number of hydrogen-bond donors (Lipinski definition) is 3. The zero-order valence-electron chi connectivity index (χ0n) is 15.6. The van der Waals surface area contributed by atoms with Gasteiger partial charge in [-0.15, -0.1) is 0 Å². The minimum atomic E-state index is -0.573. The second kappa shape index (κ2) is 8.00. The van der Waals surface area contributed by atoms with E-state index in [-0.39, 0.29) is 17.1 Å². The average Bonchev–Trinajstić information content (AvgIpc) is 2.77. The Morgan fingerprint density at radius 3 is 2.33 bits per heavy atom. The molecule has 2 amide bonds. The Hall–Kier alpha value is -4.26. The summed E-state index contributed by atoms with van der Waals surface area (Å²) in [5.74, 6) is -1.54. The Labute approximate surface area is 171 Å². The lowest BCUT2D eigenvalue weighted by molar-refractivity contribution is 0.0847. The Morgan fingerprint density at radius 1 is 0.833 bits per heavy atom. The molecular weight excluding hydrogens is 385 g/mol. The lowest BCUT2D eigenvalue weighted by Crippen LogP contribution is -2.41. The molecule has 0 aliphatic rings. The predicted molar refractivity (Wildman–Crippen MR) is 110 cm³/mol. The number of rotatable bonds is 3. The molecule has 0 fully saturated rings. The van der Waals surface area contributed by atoms with Crippen molar-refractivity contribution < 1.29 is 19.1 Å². The van der Waals surface area contributed by atoms with E-state index in [4.69, 9.17) is 0 Å². The van der Waals surface area contributed by atoms with Crippen LogP contribution in [0.3, 0.4) is 0 Å². The van der Waals surface area contributed by atoms with Crippen molar-refractivity contribution in [3.63, 3.8) is 0 Å². The first kappa shape index (κ1) is 19.1. The number of pyridine rings is 1. The summed E-state index contributed by atoms with van der Waals surface area (Å²) in [6.07, 6.45) is 0. The van der Waals surface area contributed by atoms with Crippen molar-refractivity contribution >= 4 is 22.7 Å². The van der Waals surface area contributed by atoms with E-state index in [0.29, 0.717) is 27.7 Å². The minimum Gasteiger partial charge on any atom is -0.508 e. The van der Waals surface area contributed by atoms with Crippen LogP contribution in [0.1, 0.15) is 20.7 Å². The molecule has 0 unspecified atom stereocenters. The van der Waals surface area contributed by atoms with Crippen LogP contribution >= 0.6 is 0 Å². The van der Waals surface area contributed by atoms with Crippen molar-refractivity contribution in [2.24, 2.45) is 0 Å². The molecule has 0 saturated carbocycles. The molecule has 0 atom stereocenters. The molecule has 0 aliphatic carbocycles. The fourth-order valence-electron chi connectivity index (χ4n) is 3.03. The number of carbonyl (C=O) groups excluding carboxylic acids is 2. The third-order valence-electron chi connectivity index (χ3n) is 4.50. The van der Waals surface area contributed by atoms with Crippen LogP contribution in [0, 0.1) is 5.82 Å². The molecule has 6 nitrogen and oxygen atoms in total. The molecule has 3 N–H and O–H groups in total. The highest BCUT2D eigenvalue weighted by Crippen LogP contribution is 2.25. The molecule has 4 rings (SSSR count). The molecule has 3 aromatic carbocycles. The van der Waals surface area contributed by atoms with E-state index in [9.17, 15) is 19.1 Å². The van der Waals surface area contributed by atoms with Crippen molar-refractivity contribution in [1.82, 2.24) is 15.8 Å². The fourth-order valence-corrected chi connectivity index (χ4v) is 3.03. The molecule has 0 spiro atoms. The Morgan fingerprint density at radius 2 is 1.57 bits per heavy atom. The third kappa shape index (κ3) is 3.95. The summed E-state index contributed by atoms with van der Waals surface area (Å²) in [5.41, 5.74) is 6.96. The number of nitrogens with zero attached hydrogens (tertiary/aromatic N) is 1. The monoisotopic (exact) mass is 401 g/mol. The smallest absolute Gasteiger partial charge is 0.270 e. The van der Waals surface area contributed by atoms with Crippen LogP contribution in [0.2, 0.25) is 0 Å². The van der Waals surface area contributed by atoms with E-state index in [1.807, 2.05) is 0 Å². The molecule has 148 valence electrons. The molecule has 1 aromatic heterocycles. The highest BCUT2D eigenvalue weighted by molar-refractivity contribution is 6.08. The number of phenolic OH excluding ortho intramolecular Hbond substituents is 1. The van der Waals surface area contributed by atoms with Crippen molar-refractivity contribution in [2.75, 3.05) is 0 Å². The molecule has 4 aromatic rings. The van der Waals surface area contributed by atoms with E-state index in [2.05, 4.69) is 15.8 Å². The second-order valence-electron chi connectivity index (χ2n) is 6.54. The van der Waals surface area contributed by atoms with Gasteiger partial charge in [0.25, 0.3) is 11.8 Å². The van der Waals surface area contributed by atoms with Gasteiger partial charge < -0.3 is 5.11 Å². The van der Waals surface area contributed by atoms with Crippen LogP contribution in [0.5, 0.6) is 5.75 Å². The molecule has 0 aliphatic heterocycles. The largest absolute Gasteiger partial charge is 0.508 e. The molecule has 30 heavy (non-hydrogen) atoms. The van der Waals surface area contributed by atoms with E-state index >= 15 is 0 Å². The van der Waals surface area contributed by atoms with Crippen LogP contribution in [0.15, 0.2) is 78.9 Å². The maximum Gasteiger partial charge on any atom is 0.270 e. The van der Waals surface area contributed by atoms with Crippen LogP contribution < -0.4 is 10.9 Å². The predicted octanol–water partition coefficient (Wildman–Crippen LogP) is 3.82. The molecule has 7 heteroatoms. The lowest BCUT2D eigenvalue weighted by Gasteiger charge is -2.11. The van der Waals surface area contributed by atoms with Crippen LogP contribution in [-0.2, 0) is 0 Å². The number of hydrazine groups is 1. The Balaban J connectivity index is 1.64. The number of fused-ring (bicyclic) bond motifs is 1. The van der Waals surface area contributed by atoms with Crippen LogP contribution in [-0.4, -0.2) is 21.9 Å². The van der Waals surface area contributed by atoms with Gasteiger partial charge in [0.15, 0.2) is 0 Å². The van der Waals surface area contributed by atoms with Crippen LogP contribution in [0.25, 0.3) is 22.2 Å². The van der Waals surface area contributed by atoms with Gasteiger partial charge in [0.1, 0.15) is 11.6 Å². The summed E-state index contributed by atoms with van der Waals surface area (Å²) in [7, 11) is 0.